The fourth-order valence-electron chi connectivity index (χ4n) is 3.06. The number of aromatic nitrogens is 2. The van der Waals surface area contributed by atoms with Crippen LogP contribution in [0.25, 0.3) is 0 Å². The van der Waals surface area contributed by atoms with Crippen LogP contribution in [0, 0.1) is 13.8 Å². The van der Waals surface area contributed by atoms with Gasteiger partial charge in [-0.05, 0) is 31.9 Å². The first-order valence-electron chi connectivity index (χ1n) is 8.36. The van der Waals surface area contributed by atoms with Crippen LogP contribution in [-0.2, 0) is 11.2 Å². The van der Waals surface area contributed by atoms with Crippen molar-refractivity contribution in [1.82, 2.24) is 15.5 Å². The van der Waals surface area contributed by atoms with Gasteiger partial charge in [-0.15, -0.1) is 22.0 Å². The molecule has 1 aromatic heterocycles. The molecule has 0 spiro atoms. The molecule has 0 bridgehead atoms. The summed E-state index contributed by atoms with van der Waals surface area (Å²) >= 11 is 1.89. The number of nitrogens with zero attached hydrogens (tertiary/aromatic N) is 2. The maximum Gasteiger partial charge on any atom is 0.229 e. The molecule has 1 amide bonds. The normalized spacial score (nSPS) is 16.2. The minimum absolute atomic E-state index is 0.0607. The first kappa shape index (κ1) is 17.0. The van der Waals surface area contributed by atoms with E-state index in [9.17, 15) is 4.79 Å². The number of aryl methyl sites for hydroxylation is 2. The number of rotatable bonds is 6. The maximum atomic E-state index is 12.2. The van der Waals surface area contributed by atoms with Crippen molar-refractivity contribution in [3.05, 3.63) is 41.6 Å². The Bertz CT molecular complexity index is 691. The first-order valence-corrected chi connectivity index (χ1v) is 9.18. The molecule has 1 aliphatic carbocycles. The van der Waals surface area contributed by atoms with E-state index >= 15 is 0 Å². The van der Waals surface area contributed by atoms with Crippen LogP contribution in [0.2, 0.25) is 0 Å². The lowest BCUT2D eigenvalue weighted by Crippen LogP contribution is -2.39. The van der Waals surface area contributed by atoms with Crippen molar-refractivity contribution in [2.75, 3.05) is 6.54 Å². The van der Waals surface area contributed by atoms with Gasteiger partial charge >= 0.3 is 0 Å². The summed E-state index contributed by atoms with van der Waals surface area (Å²) in [5, 5.41) is 10.7. The number of amides is 1. The van der Waals surface area contributed by atoms with Crippen LogP contribution in [0.15, 0.2) is 33.6 Å². The third-order valence-corrected chi connectivity index (χ3v) is 5.85. The van der Waals surface area contributed by atoms with E-state index in [1.165, 1.54) is 23.3 Å². The van der Waals surface area contributed by atoms with Crippen molar-refractivity contribution in [1.29, 1.82) is 0 Å². The van der Waals surface area contributed by atoms with E-state index in [1.54, 1.807) is 6.92 Å². The van der Waals surface area contributed by atoms with Gasteiger partial charge in [-0.3, -0.25) is 4.79 Å². The van der Waals surface area contributed by atoms with Crippen LogP contribution >= 0.6 is 11.8 Å². The van der Waals surface area contributed by atoms with Crippen molar-refractivity contribution in [3.8, 4) is 0 Å². The molecule has 2 aromatic rings. The van der Waals surface area contributed by atoms with Crippen molar-refractivity contribution >= 4 is 17.7 Å². The lowest BCUT2D eigenvalue weighted by atomic mass is 10.1. The minimum atomic E-state index is -0.0607. The zero-order valence-electron chi connectivity index (χ0n) is 14.2. The summed E-state index contributed by atoms with van der Waals surface area (Å²) in [7, 11) is 0. The molecular formula is C18H23N3O2S. The van der Waals surface area contributed by atoms with Crippen molar-refractivity contribution < 1.29 is 9.21 Å². The molecular weight excluding hydrogens is 322 g/mol. The molecule has 1 heterocycles. The summed E-state index contributed by atoms with van der Waals surface area (Å²) in [5.41, 5.74) is 1.27. The highest BCUT2D eigenvalue weighted by Gasteiger charge is 2.35. The minimum Gasteiger partial charge on any atom is -0.425 e. The van der Waals surface area contributed by atoms with Crippen LogP contribution in [0.5, 0.6) is 0 Å². The van der Waals surface area contributed by atoms with Crippen LogP contribution in [0.1, 0.15) is 43.0 Å². The number of hydrogen-bond acceptors (Lipinski definition) is 5. The molecule has 0 aliphatic heterocycles. The predicted octanol–water partition coefficient (Wildman–Crippen LogP) is 3.45. The van der Waals surface area contributed by atoms with Crippen molar-refractivity contribution in [2.45, 2.75) is 55.6 Å². The van der Waals surface area contributed by atoms with E-state index in [1.807, 2.05) is 11.8 Å². The standard InChI is InChI=1S/C18H23N3O2S/c1-13-5-7-15(8-6-13)24-18(9-3-4-10-18)12-19-16(22)11-17-21-20-14(2)23-17/h5-8H,3-4,9-12H2,1-2H3,(H,19,22). The van der Waals surface area contributed by atoms with Gasteiger partial charge in [-0.25, -0.2) is 0 Å². The Morgan fingerprint density at radius 3 is 2.54 bits per heavy atom. The molecule has 24 heavy (non-hydrogen) atoms. The number of carbonyl (C=O) groups excluding carboxylic acids is 1. The van der Waals surface area contributed by atoms with Gasteiger partial charge in [0.25, 0.3) is 0 Å². The Labute approximate surface area is 146 Å². The van der Waals surface area contributed by atoms with Gasteiger partial charge < -0.3 is 9.73 Å². The number of thioether (sulfide) groups is 1. The Morgan fingerprint density at radius 1 is 1.21 bits per heavy atom. The van der Waals surface area contributed by atoms with Gasteiger partial charge in [0.2, 0.25) is 17.7 Å². The SMILES string of the molecule is Cc1ccc(SC2(CNC(=O)Cc3nnc(C)o3)CCCC2)cc1. The van der Waals surface area contributed by atoms with E-state index in [0.717, 1.165) is 12.8 Å². The second-order valence-corrected chi connectivity index (χ2v) is 8.02. The number of hydrogen-bond donors (Lipinski definition) is 1. The van der Waals surface area contributed by atoms with Gasteiger partial charge in [-0.1, -0.05) is 30.5 Å². The highest BCUT2D eigenvalue weighted by molar-refractivity contribution is 8.00. The smallest absolute Gasteiger partial charge is 0.229 e. The molecule has 3 rings (SSSR count). The van der Waals surface area contributed by atoms with Crippen molar-refractivity contribution in [2.24, 2.45) is 0 Å². The Balaban J connectivity index is 1.59. The molecule has 1 saturated carbocycles. The molecule has 0 atom stereocenters. The Morgan fingerprint density at radius 2 is 1.92 bits per heavy atom. The monoisotopic (exact) mass is 345 g/mol. The molecule has 6 heteroatoms. The Kier molecular flexibility index (Phi) is 5.23. The summed E-state index contributed by atoms with van der Waals surface area (Å²) in [6.07, 6.45) is 4.85. The van der Waals surface area contributed by atoms with Crippen LogP contribution < -0.4 is 5.32 Å². The average molecular weight is 345 g/mol. The molecule has 0 saturated heterocycles. The Hall–Kier alpha value is -1.82. The second kappa shape index (κ2) is 7.38. The van der Waals surface area contributed by atoms with Gasteiger partial charge in [0.15, 0.2) is 0 Å². The van der Waals surface area contributed by atoms with Crippen LogP contribution in [0.3, 0.4) is 0 Å². The topological polar surface area (TPSA) is 68.0 Å². The lowest BCUT2D eigenvalue weighted by molar-refractivity contribution is -0.120. The molecule has 0 unspecified atom stereocenters. The van der Waals surface area contributed by atoms with Gasteiger partial charge in [0, 0.05) is 23.1 Å². The summed E-state index contributed by atoms with van der Waals surface area (Å²) in [5.74, 6) is 0.797. The molecule has 0 radical (unpaired) electrons. The quantitative estimate of drug-likeness (QED) is 0.868. The fraction of sp³-hybridized carbons (Fsp3) is 0.500. The molecule has 1 fully saturated rings. The molecule has 5 nitrogen and oxygen atoms in total. The molecule has 1 N–H and O–H groups in total. The summed E-state index contributed by atoms with van der Waals surface area (Å²) in [6.45, 7) is 4.50. The van der Waals surface area contributed by atoms with Gasteiger partial charge in [-0.2, -0.15) is 0 Å². The first-order chi connectivity index (χ1) is 11.5. The third-order valence-electron chi connectivity index (χ3n) is 4.36. The number of benzene rings is 1. The van der Waals surface area contributed by atoms with Gasteiger partial charge in [0.05, 0.1) is 0 Å². The summed E-state index contributed by atoms with van der Waals surface area (Å²) in [6, 6.07) is 8.62. The third kappa shape index (κ3) is 4.38. The molecule has 1 aliphatic rings. The van der Waals surface area contributed by atoms with Crippen molar-refractivity contribution in [3.63, 3.8) is 0 Å². The largest absolute Gasteiger partial charge is 0.425 e. The fourth-order valence-corrected chi connectivity index (χ4v) is 4.47. The van der Waals surface area contributed by atoms with E-state index in [0.29, 0.717) is 18.3 Å². The molecule has 128 valence electrons. The van der Waals surface area contributed by atoms with Gasteiger partial charge in [0.1, 0.15) is 6.42 Å². The highest BCUT2D eigenvalue weighted by Crippen LogP contribution is 2.44. The highest BCUT2D eigenvalue weighted by atomic mass is 32.2. The average Bonchev–Trinajstić information content (AvgIpc) is 3.18. The molecule has 1 aromatic carbocycles. The van der Waals surface area contributed by atoms with Crippen LogP contribution in [0.4, 0.5) is 0 Å². The number of carbonyl (C=O) groups is 1. The predicted molar refractivity (Wildman–Crippen MR) is 94.0 cm³/mol. The van der Waals surface area contributed by atoms with E-state index < -0.39 is 0 Å². The van der Waals surface area contributed by atoms with E-state index in [-0.39, 0.29) is 17.1 Å². The summed E-state index contributed by atoms with van der Waals surface area (Å²) < 4.78 is 5.36. The number of nitrogens with one attached hydrogen (secondary N) is 1. The zero-order chi connectivity index (χ0) is 17.0. The van der Waals surface area contributed by atoms with Crippen LogP contribution in [-0.4, -0.2) is 27.4 Å². The van der Waals surface area contributed by atoms with E-state index in [2.05, 4.69) is 46.7 Å². The lowest BCUT2D eigenvalue weighted by Gasteiger charge is -2.28. The second-order valence-electron chi connectivity index (χ2n) is 6.47. The maximum absolute atomic E-state index is 12.2. The zero-order valence-corrected chi connectivity index (χ0v) is 15.0. The summed E-state index contributed by atoms with van der Waals surface area (Å²) in [4.78, 5) is 13.4. The van der Waals surface area contributed by atoms with E-state index in [4.69, 9.17) is 4.42 Å².